The summed E-state index contributed by atoms with van der Waals surface area (Å²) in [7, 11) is 0. The van der Waals surface area contributed by atoms with E-state index < -0.39 is 0 Å². The number of aryl methyl sites for hydroxylation is 1. The summed E-state index contributed by atoms with van der Waals surface area (Å²) >= 11 is 0. The number of rotatable bonds is 9. The Morgan fingerprint density at radius 2 is 1.73 bits per heavy atom. The van der Waals surface area contributed by atoms with Crippen molar-refractivity contribution in [3.8, 4) is 17.2 Å². The van der Waals surface area contributed by atoms with E-state index in [-0.39, 0.29) is 5.75 Å². The first-order valence-electron chi connectivity index (χ1n) is 9.53. The van der Waals surface area contributed by atoms with Crippen molar-refractivity contribution in [3.63, 3.8) is 0 Å². The molecule has 1 N–H and O–H groups in total. The van der Waals surface area contributed by atoms with Crippen molar-refractivity contribution >= 4 is 11.0 Å². The number of hydrogen-bond acceptors (Lipinski definition) is 4. The quantitative estimate of drug-likeness (QED) is 0.548. The summed E-state index contributed by atoms with van der Waals surface area (Å²) in [4.78, 5) is 1.51. The number of benzene rings is 2. The van der Waals surface area contributed by atoms with Crippen LogP contribution in [-0.2, 0) is 6.42 Å². The third kappa shape index (κ3) is 4.34. The molecule has 1 aromatic heterocycles. The molecule has 0 atom stereocenters. The molecule has 0 radical (unpaired) electrons. The average molecular weight is 353 g/mol. The maximum absolute atomic E-state index is 10.3. The molecule has 2 aromatic carbocycles. The second kappa shape index (κ2) is 8.70. The van der Waals surface area contributed by atoms with Gasteiger partial charge in [-0.2, -0.15) is 0 Å². The largest absolute Gasteiger partial charge is 0.506 e. The molecular formula is C21H27N3O2. The Morgan fingerprint density at radius 1 is 0.923 bits per heavy atom. The summed E-state index contributed by atoms with van der Waals surface area (Å²) in [6, 6.07) is 11.4. The first-order valence-corrected chi connectivity index (χ1v) is 9.53. The molecular weight excluding hydrogens is 326 g/mol. The summed E-state index contributed by atoms with van der Waals surface area (Å²) in [6.07, 6.45) is 6.68. The van der Waals surface area contributed by atoms with Crippen LogP contribution in [0, 0.1) is 0 Å². The lowest BCUT2D eigenvalue weighted by atomic mass is 10.1. The Hall–Kier alpha value is -2.56. The minimum absolute atomic E-state index is 0.184. The van der Waals surface area contributed by atoms with Crippen LogP contribution in [0.3, 0.4) is 0 Å². The lowest BCUT2D eigenvalue weighted by Gasteiger charge is -2.06. The number of phenols is 1. The molecule has 0 aliphatic heterocycles. The van der Waals surface area contributed by atoms with Gasteiger partial charge in [-0.3, -0.25) is 0 Å². The molecule has 138 valence electrons. The van der Waals surface area contributed by atoms with Crippen LogP contribution in [-0.4, -0.2) is 26.7 Å². The smallest absolute Gasteiger partial charge is 0.143 e. The second-order valence-corrected chi connectivity index (χ2v) is 6.62. The van der Waals surface area contributed by atoms with E-state index in [0.717, 1.165) is 42.5 Å². The van der Waals surface area contributed by atoms with Crippen LogP contribution < -0.4 is 4.74 Å². The summed E-state index contributed by atoms with van der Waals surface area (Å²) in [5.74, 6) is 0.986. The topological polar surface area (TPSA) is 60.2 Å². The molecule has 0 amide bonds. The lowest BCUT2D eigenvalue weighted by molar-refractivity contribution is 0.310. The number of unbranched alkanes of at least 4 members (excludes halogenated alkanes) is 3. The highest BCUT2D eigenvalue weighted by Gasteiger charge is 2.11. The zero-order valence-corrected chi connectivity index (χ0v) is 15.6. The molecule has 5 heteroatoms. The number of ether oxygens (including phenoxy) is 1. The van der Waals surface area contributed by atoms with E-state index >= 15 is 0 Å². The predicted octanol–water partition coefficient (Wildman–Crippen LogP) is 5.04. The van der Waals surface area contributed by atoms with Gasteiger partial charge in [0.1, 0.15) is 28.2 Å². The van der Waals surface area contributed by atoms with E-state index in [1.165, 1.54) is 23.2 Å². The van der Waals surface area contributed by atoms with Gasteiger partial charge in [-0.05, 0) is 49.1 Å². The van der Waals surface area contributed by atoms with E-state index in [1.54, 1.807) is 6.07 Å². The number of phenolic OH excluding ortho intramolecular Hbond substituents is 1. The molecule has 0 unspecified atom stereocenters. The number of fused-ring (bicyclic) bond motifs is 1. The van der Waals surface area contributed by atoms with Crippen molar-refractivity contribution in [3.05, 3.63) is 42.0 Å². The molecule has 0 fully saturated rings. The molecule has 0 aliphatic carbocycles. The van der Waals surface area contributed by atoms with Gasteiger partial charge >= 0.3 is 0 Å². The first-order chi connectivity index (χ1) is 12.7. The van der Waals surface area contributed by atoms with E-state index in [4.69, 9.17) is 4.74 Å². The van der Waals surface area contributed by atoms with Crippen LogP contribution in [0.15, 0.2) is 36.4 Å². The van der Waals surface area contributed by atoms with Crippen LogP contribution in [0.4, 0.5) is 0 Å². The second-order valence-electron chi connectivity index (χ2n) is 6.62. The molecule has 1 heterocycles. The van der Waals surface area contributed by atoms with Crippen molar-refractivity contribution in [2.75, 3.05) is 6.61 Å². The highest BCUT2D eigenvalue weighted by molar-refractivity contribution is 5.75. The molecule has 5 nitrogen and oxygen atoms in total. The standard InChI is InChI=1S/C21H27N3O2/c1-3-5-7-8-16-9-12-21(25)20(14-16)24-22-18-11-10-17(15-19(18)23-24)26-13-6-4-2/h9-12,14-15,25H,3-8,13H2,1-2H3. The highest BCUT2D eigenvalue weighted by atomic mass is 16.5. The zero-order valence-electron chi connectivity index (χ0n) is 15.6. The van der Waals surface area contributed by atoms with Gasteiger partial charge in [0.05, 0.1) is 6.61 Å². The number of hydrogen-bond donors (Lipinski definition) is 1. The molecule has 3 aromatic rings. The van der Waals surface area contributed by atoms with Gasteiger partial charge in [0.2, 0.25) is 0 Å². The predicted molar refractivity (Wildman–Crippen MR) is 104 cm³/mol. The zero-order chi connectivity index (χ0) is 18.4. The third-order valence-corrected chi connectivity index (χ3v) is 4.44. The Morgan fingerprint density at radius 3 is 2.54 bits per heavy atom. The first kappa shape index (κ1) is 18.2. The molecule has 0 spiro atoms. The van der Waals surface area contributed by atoms with Gasteiger partial charge in [0, 0.05) is 6.07 Å². The van der Waals surface area contributed by atoms with Gasteiger partial charge < -0.3 is 9.84 Å². The summed E-state index contributed by atoms with van der Waals surface area (Å²) in [6.45, 7) is 5.04. The molecule has 0 aliphatic rings. The Labute approximate surface area is 154 Å². The van der Waals surface area contributed by atoms with Crippen LogP contribution in [0.2, 0.25) is 0 Å². The van der Waals surface area contributed by atoms with Gasteiger partial charge in [0.25, 0.3) is 0 Å². The molecule has 26 heavy (non-hydrogen) atoms. The molecule has 0 saturated carbocycles. The molecule has 3 rings (SSSR count). The maximum atomic E-state index is 10.3. The van der Waals surface area contributed by atoms with Gasteiger partial charge in [-0.25, -0.2) is 0 Å². The Kier molecular flexibility index (Phi) is 6.10. The Bertz CT molecular complexity index is 858. The van der Waals surface area contributed by atoms with Crippen molar-refractivity contribution in [1.82, 2.24) is 15.0 Å². The molecule has 0 bridgehead atoms. The minimum Gasteiger partial charge on any atom is -0.506 e. The third-order valence-electron chi connectivity index (χ3n) is 4.44. The highest BCUT2D eigenvalue weighted by Crippen LogP contribution is 2.25. The van der Waals surface area contributed by atoms with E-state index in [0.29, 0.717) is 12.3 Å². The van der Waals surface area contributed by atoms with E-state index in [2.05, 4.69) is 24.0 Å². The van der Waals surface area contributed by atoms with Crippen molar-refractivity contribution in [1.29, 1.82) is 0 Å². The summed E-state index contributed by atoms with van der Waals surface area (Å²) in [5.41, 5.74) is 3.35. The molecule has 0 saturated heterocycles. The minimum atomic E-state index is 0.184. The van der Waals surface area contributed by atoms with Crippen LogP contribution in [0.5, 0.6) is 11.5 Å². The van der Waals surface area contributed by atoms with Crippen LogP contribution in [0.25, 0.3) is 16.7 Å². The van der Waals surface area contributed by atoms with Gasteiger partial charge in [-0.15, -0.1) is 15.0 Å². The fourth-order valence-electron chi connectivity index (χ4n) is 2.89. The Balaban J connectivity index is 1.84. The summed E-state index contributed by atoms with van der Waals surface area (Å²) in [5, 5.41) is 19.3. The lowest BCUT2D eigenvalue weighted by Crippen LogP contribution is -2.00. The normalized spacial score (nSPS) is 11.2. The van der Waals surface area contributed by atoms with Gasteiger partial charge in [0.15, 0.2) is 0 Å². The van der Waals surface area contributed by atoms with Gasteiger partial charge in [-0.1, -0.05) is 39.2 Å². The van der Waals surface area contributed by atoms with E-state index in [9.17, 15) is 5.11 Å². The number of aromatic nitrogens is 3. The maximum Gasteiger partial charge on any atom is 0.143 e. The van der Waals surface area contributed by atoms with E-state index in [1.807, 2.05) is 30.3 Å². The summed E-state index contributed by atoms with van der Waals surface area (Å²) < 4.78 is 5.74. The average Bonchev–Trinajstić information content (AvgIpc) is 3.06. The monoisotopic (exact) mass is 353 g/mol. The van der Waals surface area contributed by atoms with Crippen molar-refractivity contribution in [2.24, 2.45) is 0 Å². The van der Waals surface area contributed by atoms with Crippen LogP contribution >= 0.6 is 0 Å². The number of nitrogens with zero attached hydrogens (tertiary/aromatic N) is 3. The van der Waals surface area contributed by atoms with Crippen molar-refractivity contribution < 1.29 is 9.84 Å². The fraction of sp³-hybridized carbons (Fsp3) is 0.429. The fourth-order valence-corrected chi connectivity index (χ4v) is 2.89. The van der Waals surface area contributed by atoms with Crippen molar-refractivity contribution in [2.45, 2.75) is 52.4 Å². The SMILES string of the molecule is CCCCCc1ccc(O)c(-n2nc3ccc(OCCCC)cc3n2)c1. The van der Waals surface area contributed by atoms with Crippen LogP contribution in [0.1, 0.15) is 51.5 Å². The number of aromatic hydroxyl groups is 1.